The van der Waals surface area contributed by atoms with E-state index in [1.807, 2.05) is 0 Å². The maximum absolute atomic E-state index is 8.26. The van der Waals surface area contributed by atoms with Gasteiger partial charge in [-0.2, -0.15) is 12.8 Å². The van der Waals surface area contributed by atoms with Crippen LogP contribution in [0.1, 0.15) is 19.3 Å². The zero-order valence-corrected chi connectivity index (χ0v) is 6.86. The molecule has 0 spiro atoms. The molecule has 0 unspecified atom stereocenters. The Labute approximate surface area is 62.2 Å². The van der Waals surface area contributed by atoms with Crippen molar-refractivity contribution in [2.45, 2.75) is 19.3 Å². The number of rotatable bonds is 2. The van der Waals surface area contributed by atoms with Crippen molar-refractivity contribution in [2.75, 3.05) is 0 Å². The SMILES string of the molecule is O.[CH2-]CCC[CH2-].[O]=[Mo]. The van der Waals surface area contributed by atoms with E-state index in [0.29, 0.717) is 19.8 Å². The molecule has 0 aromatic rings. The van der Waals surface area contributed by atoms with Gasteiger partial charge in [-0.1, -0.05) is 0 Å². The molecular weight excluding hydrogens is 188 g/mol. The minimum absolute atomic E-state index is 0. The zero-order valence-electron chi connectivity index (χ0n) is 4.85. The molecular formula is C5H12MoO2-2. The van der Waals surface area contributed by atoms with Crippen molar-refractivity contribution in [3.05, 3.63) is 13.8 Å². The first-order valence-corrected chi connectivity index (χ1v) is 2.99. The molecule has 0 aliphatic carbocycles. The van der Waals surface area contributed by atoms with Crippen LogP contribution in [0.25, 0.3) is 0 Å². The van der Waals surface area contributed by atoms with Crippen LogP contribution in [-0.2, 0) is 23.2 Å². The average Bonchev–Trinajstić information content (AvgIpc) is 1.75. The topological polar surface area (TPSA) is 48.6 Å². The third-order valence-electron chi connectivity index (χ3n) is 0.500. The first-order valence-electron chi connectivity index (χ1n) is 2.17. The van der Waals surface area contributed by atoms with Crippen molar-refractivity contribution in [3.8, 4) is 0 Å². The van der Waals surface area contributed by atoms with Crippen LogP contribution in [0.3, 0.4) is 0 Å². The van der Waals surface area contributed by atoms with Crippen LogP contribution in [0.5, 0.6) is 0 Å². The Morgan fingerprint density at radius 1 is 1.12 bits per heavy atom. The Morgan fingerprint density at radius 2 is 1.38 bits per heavy atom. The molecule has 0 amide bonds. The summed E-state index contributed by atoms with van der Waals surface area (Å²) < 4.78 is 8.26. The van der Waals surface area contributed by atoms with E-state index in [1.165, 1.54) is 6.42 Å². The summed E-state index contributed by atoms with van der Waals surface area (Å²) in [6.45, 7) is 7.27. The fourth-order valence-electron chi connectivity index (χ4n) is 0.177. The van der Waals surface area contributed by atoms with Crippen molar-refractivity contribution < 1.29 is 28.7 Å². The molecule has 0 saturated heterocycles. The van der Waals surface area contributed by atoms with Gasteiger partial charge in [0.2, 0.25) is 0 Å². The van der Waals surface area contributed by atoms with Crippen LogP contribution < -0.4 is 0 Å². The summed E-state index contributed by atoms with van der Waals surface area (Å²) >= 11 is 0.700. The quantitative estimate of drug-likeness (QED) is 0.482. The predicted molar refractivity (Wildman–Crippen MR) is 28.9 cm³/mol. The van der Waals surface area contributed by atoms with Gasteiger partial charge in [0.05, 0.1) is 0 Å². The summed E-state index contributed by atoms with van der Waals surface area (Å²) in [6, 6.07) is 0. The molecule has 0 radical (unpaired) electrons. The second-order valence-electron chi connectivity index (χ2n) is 1.06. The van der Waals surface area contributed by atoms with E-state index in [4.69, 9.17) is 3.40 Å². The van der Waals surface area contributed by atoms with Crippen molar-refractivity contribution in [3.63, 3.8) is 0 Å². The van der Waals surface area contributed by atoms with Gasteiger partial charge in [0.1, 0.15) is 0 Å². The van der Waals surface area contributed by atoms with Crippen molar-refractivity contribution in [1.82, 2.24) is 0 Å². The molecule has 52 valence electrons. The molecule has 2 N–H and O–H groups in total. The van der Waals surface area contributed by atoms with Gasteiger partial charge in [-0.3, -0.25) is 0 Å². The standard InChI is InChI=1S/C5H10.Mo.H2O.O/c1-3-5-4-2;;;/h1-5H2;;1H2;/q-2;;;. The summed E-state index contributed by atoms with van der Waals surface area (Å²) in [4.78, 5) is 0. The molecule has 3 heteroatoms. The third kappa shape index (κ3) is 31.9. The second-order valence-corrected chi connectivity index (χ2v) is 1.06. The van der Waals surface area contributed by atoms with Crippen LogP contribution in [0.15, 0.2) is 0 Å². The van der Waals surface area contributed by atoms with Crippen molar-refractivity contribution in [2.24, 2.45) is 0 Å². The Morgan fingerprint density at radius 3 is 1.38 bits per heavy atom. The molecule has 0 aromatic carbocycles. The first-order chi connectivity index (χ1) is 3.41. The number of unbranched alkanes of at least 4 members (excludes halogenated alkanes) is 2. The number of hydrogen-bond acceptors (Lipinski definition) is 1. The normalized spacial score (nSPS) is 5.75. The summed E-state index contributed by atoms with van der Waals surface area (Å²) in [5.41, 5.74) is 0. The van der Waals surface area contributed by atoms with Crippen molar-refractivity contribution in [1.29, 1.82) is 0 Å². The van der Waals surface area contributed by atoms with Gasteiger partial charge in [0.15, 0.2) is 0 Å². The Balaban J connectivity index is -0.0000000750. The van der Waals surface area contributed by atoms with E-state index in [2.05, 4.69) is 13.8 Å². The van der Waals surface area contributed by atoms with Gasteiger partial charge in [-0.15, -0.1) is 6.42 Å². The fourth-order valence-corrected chi connectivity index (χ4v) is 0.177. The average molecular weight is 200 g/mol. The van der Waals surface area contributed by atoms with Crippen LogP contribution in [0, 0.1) is 13.8 Å². The third-order valence-corrected chi connectivity index (χ3v) is 0.500. The van der Waals surface area contributed by atoms with E-state index < -0.39 is 0 Å². The van der Waals surface area contributed by atoms with Gasteiger partial charge in [0.25, 0.3) is 0 Å². The maximum atomic E-state index is 8.26. The Hall–Kier alpha value is 0.448. The van der Waals surface area contributed by atoms with Gasteiger partial charge >= 0.3 is 23.2 Å². The van der Waals surface area contributed by atoms with Gasteiger partial charge in [0, 0.05) is 0 Å². The van der Waals surface area contributed by atoms with E-state index in [9.17, 15) is 0 Å². The Kier molecular flexibility index (Phi) is 51.4. The summed E-state index contributed by atoms with van der Waals surface area (Å²) in [6.07, 6.45) is 3.23. The molecule has 0 saturated carbocycles. The van der Waals surface area contributed by atoms with E-state index in [1.54, 1.807) is 0 Å². The molecule has 8 heavy (non-hydrogen) atoms. The molecule has 0 fully saturated rings. The fraction of sp³-hybridized carbons (Fsp3) is 0.600. The second kappa shape index (κ2) is 26.0. The molecule has 2 nitrogen and oxygen atoms in total. The minimum atomic E-state index is 0. The van der Waals surface area contributed by atoms with Gasteiger partial charge in [-0.25, -0.2) is 0 Å². The van der Waals surface area contributed by atoms with Crippen molar-refractivity contribution >= 4 is 0 Å². The van der Waals surface area contributed by atoms with E-state index >= 15 is 0 Å². The molecule has 0 rings (SSSR count). The van der Waals surface area contributed by atoms with Crippen LogP contribution >= 0.6 is 0 Å². The summed E-state index contributed by atoms with van der Waals surface area (Å²) in [5.74, 6) is 0. The molecule has 0 aromatic heterocycles. The monoisotopic (exact) mass is 202 g/mol. The molecule has 0 heterocycles. The first kappa shape index (κ1) is 15.8. The van der Waals surface area contributed by atoms with Gasteiger partial charge < -0.3 is 19.3 Å². The molecule has 0 aliphatic rings. The molecule has 0 aliphatic heterocycles. The van der Waals surface area contributed by atoms with Gasteiger partial charge in [-0.05, 0) is 0 Å². The number of hydrogen-bond donors (Lipinski definition) is 0. The Bertz CT molecular complexity index is 24.4. The summed E-state index contributed by atoms with van der Waals surface area (Å²) in [5, 5.41) is 0. The van der Waals surface area contributed by atoms with Crippen LogP contribution in [0.4, 0.5) is 0 Å². The summed E-state index contributed by atoms with van der Waals surface area (Å²) in [7, 11) is 0. The predicted octanol–water partition coefficient (Wildman–Crippen LogP) is 0.879. The van der Waals surface area contributed by atoms with E-state index in [0.717, 1.165) is 12.8 Å². The van der Waals surface area contributed by atoms with E-state index in [-0.39, 0.29) is 5.48 Å². The molecule has 0 bridgehead atoms. The molecule has 0 atom stereocenters. The van der Waals surface area contributed by atoms with Crippen LogP contribution in [0.2, 0.25) is 0 Å². The van der Waals surface area contributed by atoms with Crippen LogP contribution in [-0.4, -0.2) is 5.48 Å². The zero-order chi connectivity index (χ0) is 6.12.